The summed E-state index contributed by atoms with van der Waals surface area (Å²) >= 11 is 19.7. The molecule has 20 rings (SSSR count). The van der Waals surface area contributed by atoms with E-state index < -0.39 is 0 Å². The van der Waals surface area contributed by atoms with Crippen molar-refractivity contribution in [2.45, 2.75) is 73.0 Å². The highest BCUT2D eigenvalue weighted by molar-refractivity contribution is 7.17. The van der Waals surface area contributed by atoms with E-state index in [-0.39, 0.29) is 53.3 Å². The molecule has 594 valence electrons. The van der Waals surface area contributed by atoms with Gasteiger partial charge >= 0.3 is 0 Å². The predicted molar refractivity (Wildman–Crippen MR) is 528 cm³/mol. The highest BCUT2D eigenvalue weighted by Crippen LogP contribution is 2.54. The second-order valence-electron chi connectivity index (χ2n) is 31.3. The Morgan fingerprint density at radius 3 is 0.377 bits per heavy atom. The van der Waals surface area contributed by atoms with E-state index in [1.807, 2.05) is 113 Å². The van der Waals surface area contributed by atoms with Crippen molar-refractivity contribution in [1.29, 1.82) is 0 Å². The molecule has 20 aromatic rings. The summed E-state index contributed by atoms with van der Waals surface area (Å²) in [4.78, 5) is 27.1. The van der Waals surface area contributed by atoms with Gasteiger partial charge in [-0.3, -0.25) is 0 Å². The number of hydrogen-bond acceptors (Lipinski definition) is 10. The number of aryl methyl sites for hydroxylation is 1. The summed E-state index contributed by atoms with van der Waals surface area (Å²) in [5.41, 5.74) is 13.1. The smallest absolute Gasteiger partial charge is 0.0527 e. The number of benzene rings is 10. The highest BCUT2D eigenvalue weighted by atomic mass is 32.1. The molecule has 10 aromatic heterocycles. The molecular formula is C112H86S10. The first-order valence-electron chi connectivity index (χ1n) is 41.7. The minimum absolute atomic E-state index is 0.0235. The third kappa shape index (κ3) is 16.9. The Kier molecular flexibility index (Phi) is 24.0. The highest BCUT2D eigenvalue weighted by Gasteiger charge is 2.34. The van der Waals surface area contributed by atoms with Crippen molar-refractivity contribution in [1.82, 2.24) is 0 Å². The van der Waals surface area contributed by atoms with Crippen LogP contribution in [0, 0.1) is 6.92 Å². The lowest BCUT2D eigenvalue weighted by Crippen LogP contribution is -2.01. The molecule has 0 spiro atoms. The Bertz CT molecular complexity index is 6610. The van der Waals surface area contributed by atoms with Crippen molar-refractivity contribution >= 4 is 113 Å². The van der Waals surface area contributed by atoms with Crippen molar-refractivity contribution in [2.75, 3.05) is 0 Å². The summed E-state index contributed by atoms with van der Waals surface area (Å²) < 4.78 is 0. The zero-order chi connectivity index (χ0) is 81.7. The molecule has 0 radical (unpaired) electrons. The lowest BCUT2D eigenvalue weighted by atomic mass is 9.93. The minimum Gasteiger partial charge on any atom is -0.145 e. The monoisotopic (exact) mass is 1750 g/mol. The van der Waals surface area contributed by atoms with E-state index in [1.54, 1.807) is 0 Å². The maximum Gasteiger partial charge on any atom is 0.0527 e. The number of rotatable bonds is 29. The molecule has 0 saturated heterocycles. The molecule has 10 heteroatoms. The average Bonchev–Trinajstić information content (AvgIpc) is 1.63. The summed E-state index contributed by atoms with van der Waals surface area (Å²) in [5.74, 6) is 0.920. The third-order valence-corrected chi connectivity index (χ3v) is 35.8. The summed E-state index contributed by atoms with van der Waals surface area (Å²) in [5, 5.41) is 0. The van der Waals surface area contributed by atoms with Gasteiger partial charge in [-0.15, -0.1) is 113 Å². The first-order valence-corrected chi connectivity index (χ1v) is 49.9. The Labute approximate surface area is 756 Å². The van der Waals surface area contributed by atoms with E-state index in [1.165, 1.54) is 153 Å². The summed E-state index contributed by atoms with van der Waals surface area (Å²) in [6.07, 6.45) is 0. The van der Waals surface area contributed by atoms with Crippen molar-refractivity contribution < 1.29 is 0 Å². The molecule has 0 aliphatic rings. The fourth-order valence-electron chi connectivity index (χ4n) is 17.7. The maximum atomic E-state index is 2.45. The minimum atomic E-state index is 0.0235. The van der Waals surface area contributed by atoms with Gasteiger partial charge in [0.1, 0.15) is 0 Å². The van der Waals surface area contributed by atoms with E-state index in [0.717, 1.165) is 0 Å². The molecule has 0 bridgehead atoms. The van der Waals surface area contributed by atoms with E-state index in [0.29, 0.717) is 5.92 Å². The van der Waals surface area contributed by atoms with Gasteiger partial charge in [-0.25, -0.2) is 0 Å². The van der Waals surface area contributed by atoms with Crippen LogP contribution in [0.15, 0.2) is 425 Å². The molecule has 0 nitrogen and oxygen atoms in total. The van der Waals surface area contributed by atoms with Gasteiger partial charge in [-0.1, -0.05) is 310 Å². The zero-order valence-corrected chi connectivity index (χ0v) is 75.4. The van der Waals surface area contributed by atoms with Gasteiger partial charge in [0.05, 0.1) is 53.3 Å². The van der Waals surface area contributed by atoms with Gasteiger partial charge in [0.15, 0.2) is 0 Å². The van der Waals surface area contributed by atoms with Crippen LogP contribution in [0.1, 0.15) is 219 Å². The second-order valence-corrected chi connectivity index (χ2v) is 43.0. The fourth-order valence-corrected chi connectivity index (χ4v) is 31.1. The number of thiophene rings is 10. The Morgan fingerprint density at radius 1 is 0.123 bits per heavy atom. The van der Waals surface area contributed by atoms with Gasteiger partial charge in [0.2, 0.25) is 0 Å². The van der Waals surface area contributed by atoms with Crippen LogP contribution in [0.25, 0.3) is 0 Å². The molecule has 0 fully saturated rings. The fraction of sp³-hybridized carbons (Fsp3) is 0.107. The van der Waals surface area contributed by atoms with Gasteiger partial charge in [-0.2, -0.15) is 0 Å². The van der Waals surface area contributed by atoms with Crippen molar-refractivity contribution in [3.05, 3.63) is 578 Å². The van der Waals surface area contributed by atoms with Gasteiger partial charge in [0, 0.05) is 103 Å². The van der Waals surface area contributed by atoms with Gasteiger partial charge in [-0.05, 0) is 184 Å². The topological polar surface area (TPSA) is 0 Å². The van der Waals surface area contributed by atoms with Crippen LogP contribution in [0.2, 0.25) is 0 Å². The first kappa shape index (κ1) is 79.7. The first-order chi connectivity index (χ1) is 60.3. The molecule has 122 heavy (non-hydrogen) atoms. The summed E-state index contributed by atoms with van der Waals surface area (Å²) in [6, 6.07) is 160. The summed E-state index contributed by atoms with van der Waals surface area (Å²) in [6.45, 7) is 4.56. The van der Waals surface area contributed by atoms with E-state index >= 15 is 0 Å². The zero-order valence-electron chi connectivity index (χ0n) is 67.3. The van der Waals surface area contributed by atoms with E-state index in [9.17, 15) is 0 Å². The largest absolute Gasteiger partial charge is 0.145 e. The van der Waals surface area contributed by atoms with Crippen LogP contribution in [-0.2, 0) is 0 Å². The lowest BCUT2D eigenvalue weighted by Gasteiger charge is -2.18. The van der Waals surface area contributed by atoms with Crippen LogP contribution >= 0.6 is 113 Å². The molecule has 0 aliphatic carbocycles. The van der Waals surface area contributed by atoms with Crippen LogP contribution in [0.4, 0.5) is 0 Å². The Morgan fingerprint density at radius 2 is 0.238 bits per heavy atom. The van der Waals surface area contributed by atoms with Gasteiger partial charge in [0.25, 0.3) is 0 Å². The van der Waals surface area contributed by atoms with Crippen LogP contribution < -0.4 is 0 Å². The Hall–Kier alpha value is -10.8. The molecule has 0 N–H and O–H groups in total. The second kappa shape index (κ2) is 36.7. The summed E-state index contributed by atoms with van der Waals surface area (Å²) in [7, 11) is 0. The lowest BCUT2D eigenvalue weighted by molar-refractivity contribution is 0.948. The standard InChI is InChI=1S/C112H86S10/c1-73-53-54-86(113-73)104(76-35-15-4-16-36-76)88-57-58-90(115-88)106(78-39-19-6-20-40-78)92-61-62-94(117-92)108(80-43-23-8-24-44-80)96-65-66-98(119-96)110(82-47-27-10-28-48-82)100-69-70-102(121-100)112(84-51-31-12-32-52-84)103-72-71-101(122-103)111(83-49-29-11-30-50-83)99-68-67-97(120-99)109(81-45-25-9-26-46-81)95-64-63-93(118-95)107(79-41-21-7-22-42-79)91-60-59-89(116-91)105(77-37-17-5-18-38-77)87-56-55-85(114-87)74(2)75-33-13-3-14-34-75/h3-72,74,104-112H,1-2H3. The molecule has 10 heterocycles. The molecule has 10 aromatic carbocycles. The van der Waals surface area contributed by atoms with Crippen molar-refractivity contribution in [3.63, 3.8) is 0 Å². The van der Waals surface area contributed by atoms with E-state index in [2.05, 4.69) is 438 Å². The van der Waals surface area contributed by atoms with Gasteiger partial charge < -0.3 is 0 Å². The van der Waals surface area contributed by atoms with Crippen LogP contribution in [-0.4, -0.2) is 0 Å². The third-order valence-electron chi connectivity index (χ3n) is 23.6. The molecule has 0 saturated carbocycles. The maximum absolute atomic E-state index is 2.45. The molecule has 0 aliphatic heterocycles. The quantitative estimate of drug-likeness (QED) is 0.0438. The van der Waals surface area contributed by atoms with Crippen LogP contribution in [0.3, 0.4) is 0 Å². The number of hydrogen-bond donors (Lipinski definition) is 0. The SMILES string of the molecule is Cc1ccc(C(c2ccccc2)c2ccc(C(c3ccccc3)c3ccc(C(c4ccccc4)c4ccc(C(c5ccccc5)c5ccc(C(c6ccccc6)c6ccc(C(c7ccccc7)c7ccc(C(c8ccccc8)c8ccc(C(c9ccccc9)c9ccc(C(c%10ccccc%10)c%10ccc(C(C)c%11ccccc%11)s%10)s9)s8)s7)s6)s5)s4)s3)s2)s1. The Balaban J connectivity index is 0.614. The van der Waals surface area contributed by atoms with Crippen molar-refractivity contribution in [3.8, 4) is 0 Å². The molecule has 0 amide bonds. The normalized spacial score (nSPS) is 14.1. The van der Waals surface area contributed by atoms with Crippen molar-refractivity contribution in [2.24, 2.45) is 0 Å². The van der Waals surface area contributed by atoms with E-state index in [4.69, 9.17) is 0 Å². The molecular weight excluding hydrogens is 1670 g/mol. The molecule has 10 unspecified atom stereocenters. The van der Waals surface area contributed by atoms with Crippen LogP contribution in [0.5, 0.6) is 0 Å². The predicted octanol–water partition coefficient (Wildman–Crippen LogP) is 33.4. The molecule has 10 atom stereocenters. The average molecular weight is 1750 g/mol.